The van der Waals surface area contributed by atoms with Gasteiger partial charge < -0.3 is 10.0 Å². The van der Waals surface area contributed by atoms with Gasteiger partial charge in [-0.25, -0.2) is 0 Å². The number of carboxylic acid groups (broad SMARTS) is 1. The Kier molecular flexibility index (Phi) is 3.28. The zero-order valence-electron chi connectivity index (χ0n) is 9.75. The molecule has 2 aromatic rings. The molecule has 0 radical (unpaired) electrons. The van der Waals surface area contributed by atoms with Crippen LogP contribution in [0.3, 0.4) is 0 Å². The van der Waals surface area contributed by atoms with Gasteiger partial charge in [-0.3, -0.25) is 4.79 Å². The summed E-state index contributed by atoms with van der Waals surface area (Å²) in [5.74, 6) is -1.16. The molecule has 0 amide bonds. The third kappa shape index (κ3) is 2.39. The van der Waals surface area contributed by atoms with Crippen molar-refractivity contribution in [2.75, 3.05) is 18.5 Å². The van der Waals surface area contributed by atoms with Crippen molar-refractivity contribution in [1.82, 2.24) is 4.37 Å². The number of benzene rings is 1. The monoisotopic (exact) mass is 250 g/mol. The molecule has 0 bridgehead atoms. The Hall–Kier alpha value is -1.62. The Morgan fingerprint density at radius 3 is 2.94 bits per heavy atom. The number of rotatable bonds is 4. The number of fused-ring (bicyclic) bond motifs is 1. The number of aromatic nitrogens is 1. The van der Waals surface area contributed by atoms with Gasteiger partial charge in [-0.1, -0.05) is 19.1 Å². The van der Waals surface area contributed by atoms with Crippen molar-refractivity contribution in [3.63, 3.8) is 0 Å². The fourth-order valence-electron chi connectivity index (χ4n) is 1.72. The summed E-state index contributed by atoms with van der Waals surface area (Å²) in [5.41, 5.74) is 0.960. The van der Waals surface area contributed by atoms with E-state index < -0.39 is 5.97 Å². The van der Waals surface area contributed by atoms with Crippen molar-refractivity contribution < 1.29 is 9.90 Å². The van der Waals surface area contributed by atoms with Crippen LogP contribution in [-0.2, 0) is 4.79 Å². The molecule has 0 spiro atoms. The van der Waals surface area contributed by atoms with Gasteiger partial charge in [-0.15, -0.1) is 0 Å². The normalized spacial score (nSPS) is 12.6. The molecule has 1 aromatic carbocycles. The maximum absolute atomic E-state index is 10.8. The number of anilines is 1. The van der Waals surface area contributed by atoms with E-state index in [1.54, 1.807) is 6.92 Å². The molecule has 0 aliphatic rings. The van der Waals surface area contributed by atoms with Gasteiger partial charge in [0.15, 0.2) is 0 Å². The molecule has 5 heteroatoms. The van der Waals surface area contributed by atoms with Gasteiger partial charge >= 0.3 is 5.97 Å². The number of carbonyl (C=O) groups is 1. The summed E-state index contributed by atoms with van der Waals surface area (Å²) in [6.45, 7) is 2.20. The topological polar surface area (TPSA) is 53.4 Å². The van der Waals surface area contributed by atoms with Crippen LogP contribution in [0.1, 0.15) is 6.92 Å². The first kappa shape index (κ1) is 11.9. The van der Waals surface area contributed by atoms with Crippen molar-refractivity contribution in [2.45, 2.75) is 6.92 Å². The Morgan fingerprint density at radius 2 is 2.24 bits per heavy atom. The van der Waals surface area contributed by atoms with Crippen molar-refractivity contribution in [3.05, 3.63) is 24.3 Å². The Balaban J connectivity index is 2.25. The first-order chi connectivity index (χ1) is 8.09. The van der Waals surface area contributed by atoms with Crippen LogP contribution in [0.25, 0.3) is 10.9 Å². The molecule has 1 atom stereocenters. The maximum atomic E-state index is 10.8. The van der Waals surface area contributed by atoms with Gasteiger partial charge in [0.2, 0.25) is 0 Å². The van der Waals surface area contributed by atoms with Crippen molar-refractivity contribution >= 4 is 33.4 Å². The molecule has 1 N–H and O–H groups in total. The summed E-state index contributed by atoms with van der Waals surface area (Å²) in [6, 6.07) is 7.89. The van der Waals surface area contributed by atoms with Crippen molar-refractivity contribution in [1.29, 1.82) is 0 Å². The van der Waals surface area contributed by atoms with Crippen LogP contribution in [-0.4, -0.2) is 29.0 Å². The molecular weight excluding hydrogens is 236 g/mol. The molecule has 0 fully saturated rings. The summed E-state index contributed by atoms with van der Waals surface area (Å²) in [4.78, 5) is 12.8. The van der Waals surface area contributed by atoms with E-state index in [2.05, 4.69) is 4.37 Å². The summed E-state index contributed by atoms with van der Waals surface area (Å²) in [7, 11) is 1.90. The summed E-state index contributed by atoms with van der Waals surface area (Å²) in [6.07, 6.45) is 0. The zero-order valence-corrected chi connectivity index (χ0v) is 10.6. The Morgan fingerprint density at radius 1 is 1.53 bits per heavy atom. The van der Waals surface area contributed by atoms with E-state index in [9.17, 15) is 4.79 Å². The highest BCUT2D eigenvalue weighted by molar-refractivity contribution is 7.11. The lowest BCUT2D eigenvalue weighted by molar-refractivity contribution is -0.140. The fourth-order valence-corrected chi connectivity index (χ4v) is 2.55. The average molecular weight is 250 g/mol. The van der Waals surface area contributed by atoms with Gasteiger partial charge in [0.25, 0.3) is 0 Å². The number of hydrogen-bond donors (Lipinski definition) is 1. The molecule has 0 aliphatic heterocycles. The largest absolute Gasteiger partial charge is 0.481 e. The van der Waals surface area contributed by atoms with Crippen LogP contribution in [0, 0.1) is 5.92 Å². The molecular formula is C12H14N2O2S. The number of aliphatic carboxylic acids is 1. The van der Waals surface area contributed by atoms with Crippen molar-refractivity contribution in [3.8, 4) is 0 Å². The van der Waals surface area contributed by atoms with Crippen LogP contribution in [0.15, 0.2) is 24.3 Å². The van der Waals surface area contributed by atoms with Crippen LogP contribution < -0.4 is 4.90 Å². The molecule has 0 saturated carbocycles. The quantitative estimate of drug-likeness (QED) is 0.905. The molecule has 17 heavy (non-hydrogen) atoms. The van der Waals surface area contributed by atoms with Crippen LogP contribution >= 0.6 is 11.5 Å². The highest BCUT2D eigenvalue weighted by atomic mass is 32.1. The van der Waals surface area contributed by atoms with Crippen molar-refractivity contribution in [2.24, 2.45) is 5.92 Å². The fraction of sp³-hybridized carbons (Fsp3) is 0.333. The minimum Gasteiger partial charge on any atom is -0.481 e. The molecule has 0 aliphatic carbocycles. The first-order valence-electron chi connectivity index (χ1n) is 5.38. The summed E-state index contributed by atoms with van der Waals surface area (Å²) in [5, 5.41) is 11.0. The van der Waals surface area contributed by atoms with E-state index in [0.717, 1.165) is 15.9 Å². The lowest BCUT2D eigenvalue weighted by Gasteiger charge is -2.19. The Labute approximate surface area is 104 Å². The number of nitrogens with zero attached hydrogens (tertiary/aromatic N) is 2. The van der Waals surface area contributed by atoms with Gasteiger partial charge in [-0.2, -0.15) is 4.37 Å². The van der Waals surface area contributed by atoms with Crippen LogP contribution in [0.2, 0.25) is 0 Å². The smallest absolute Gasteiger partial charge is 0.308 e. The predicted molar refractivity (Wildman–Crippen MR) is 69.7 cm³/mol. The number of hydrogen-bond acceptors (Lipinski definition) is 4. The second-order valence-corrected chi connectivity index (χ2v) is 4.88. The SMILES string of the molecule is CC(CN(C)c1snc2ccccc12)C(=O)O. The van der Waals surface area contributed by atoms with E-state index in [1.807, 2.05) is 36.2 Å². The molecule has 2 rings (SSSR count). The lowest BCUT2D eigenvalue weighted by atomic mass is 10.1. The molecule has 1 unspecified atom stereocenters. The minimum absolute atomic E-state index is 0.388. The molecule has 0 saturated heterocycles. The lowest BCUT2D eigenvalue weighted by Crippen LogP contribution is -2.27. The average Bonchev–Trinajstić information content (AvgIpc) is 2.72. The molecule has 1 aromatic heterocycles. The van der Waals surface area contributed by atoms with E-state index >= 15 is 0 Å². The van der Waals surface area contributed by atoms with Gasteiger partial charge in [0.1, 0.15) is 5.00 Å². The standard InChI is InChI=1S/C12H14N2O2S/c1-8(12(15)16)7-14(2)11-9-5-3-4-6-10(9)13-17-11/h3-6,8H,7H2,1-2H3,(H,15,16). The molecule has 90 valence electrons. The highest BCUT2D eigenvalue weighted by Crippen LogP contribution is 2.30. The van der Waals surface area contributed by atoms with Gasteiger partial charge in [0, 0.05) is 19.0 Å². The van der Waals surface area contributed by atoms with E-state index in [1.165, 1.54) is 11.5 Å². The minimum atomic E-state index is -0.773. The third-order valence-electron chi connectivity index (χ3n) is 2.68. The van der Waals surface area contributed by atoms with Gasteiger partial charge in [0.05, 0.1) is 11.4 Å². The predicted octanol–water partition coefficient (Wildman–Crippen LogP) is 2.45. The zero-order chi connectivity index (χ0) is 12.4. The summed E-state index contributed by atoms with van der Waals surface area (Å²) < 4.78 is 4.34. The maximum Gasteiger partial charge on any atom is 0.308 e. The molecule has 1 heterocycles. The second kappa shape index (κ2) is 4.71. The van der Waals surface area contributed by atoms with E-state index in [-0.39, 0.29) is 5.92 Å². The van der Waals surface area contributed by atoms with E-state index in [0.29, 0.717) is 6.54 Å². The first-order valence-corrected chi connectivity index (χ1v) is 6.15. The summed E-state index contributed by atoms with van der Waals surface area (Å²) >= 11 is 1.41. The number of carboxylic acids is 1. The van der Waals surface area contributed by atoms with E-state index in [4.69, 9.17) is 5.11 Å². The van der Waals surface area contributed by atoms with Crippen LogP contribution in [0.5, 0.6) is 0 Å². The van der Waals surface area contributed by atoms with Gasteiger partial charge in [-0.05, 0) is 23.7 Å². The third-order valence-corrected chi connectivity index (χ3v) is 3.67. The molecule has 4 nitrogen and oxygen atoms in total. The Bertz CT molecular complexity index is 538. The second-order valence-electron chi connectivity index (χ2n) is 4.12. The van der Waals surface area contributed by atoms with Crippen LogP contribution in [0.4, 0.5) is 5.00 Å². The highest BCUT2D eigenvalue weighted by Gasteiger charge is 2.16.